The average Bonchev–Trinajstić information content (AvgIpc) is 2.84. The molecule has 0 spiro atoms. The van der Waals surface area contributed by atoms with Crippen molar-refractivity contribution in [1.29, 1.82) is 0 Å². The Balaban J connectivity index is 2.27. The zero-order valence-electron chi connectivity index (χ0n) is 8.98. The van der Waals surface area contributed by atoms with Crippen LogP contribution in [0.2, 0.25) is 0 Å². The van der Waals surface area contributed by atoms with Crippen LogP contribution in [0.4, 0.5) is 10.3 Å². The molecule has 0 fully saturated rings. The number of rotatable bonds is 1. The van der Waals surface area contributed by atoms with E-state index in [1.807, 2.05) is 0 Å². The van der Waals surface area contributed by atoms with Crippen molar-refractivity contribution in [2.45, 2.75) is 0 Å². The summed E-state index contributed by atoms with van der Waals surface area (Å²) >= 11 is 0. The van der Waals surface area contributed by atoms with Crippen LogP contribution in [-0.2, 0) is 7.05 Å². The molecule has 0 amide bonds. The van der Waals surface area contributed by atoms with Crippen LogP contribution in [0.1, 0.15) is 0 Å². The number of halogens is 1. The Morgan fingerprint density at radius 3 is 2.88 bits per heavy atom. The fourth-order valence-corrected chi connectivity index (χ4v) is 1.75. The third-order valence-electron chi connectivity index (χ3n) is 2.56. The molecule has 0 atom stereocenters. The van der Waals surface area contributed by atoms with Crippen LogP contribution in [-0.4, -0.2) is 24.7 Å². The maximum absolute atomic E-state index is 13.1. The van der Waals surface area contributed by atoms with E-state index in [1.165, 1.54) is 12.1 Å². The minimum Gasteiger partial charge on any atom is -0.366 e. The van der Waals surface area contributed by atoms with Crippen LogP contribution in [0.5, 0.6) is 0 Å². The summed E-state index contributed by atoms with van der Waals surface area (Å²) < 4.78 is 14.9. The largest absolute Gasteiger partial charge is 0.366 e. The topological polar surface area (TPSA) is 85.4 Å². The molecular weight excluding hydrogens is 223 g/mol. The number of nitrogen functional groups attached to an aromatic ring is 1. The Labute approximate surface area is 95.3 Å². The molecule has 1 aromatic carbocycles. The molecule has 3 rings (SSSR count). The minimum absolute atomic E-state index is 0.151. The maximum Gasteiger partial charge on any atom is 0.239 e. The lowest BCUT2D eigenvalue weighted by molar-refractivity contribution is 0.629. The number of hydrogen-bond donors (Lipinski definition) is 2. The number of nitrogens with zero attached hydrogens (tertiary/aromatic N) is 4. The van der Waals surface area contributed by atoms with Gasteiger partial charge in [0.05, 0.1) is 11.0 Å². The molecule has 0 saturated heterocycles. The molecule has 0 aliphatic carbocycles. The third-order valence-corrected chi connectivity index (χ3v) is 2.56. The van der Waals surface area contributed by atoms with E-state index in [2.05, 4.69) is 20.2 Å². The summed E-state index contributed by atoms with van der Waals surface area (Å²) in [5.74, 6) is 0.874. The van der Waals surface area contributed by atoms with Gasteiger partial charge in [0.15, 0.2) is 11.6 Å². The van der Waals surface area contributed by atoms with E-state index in [1.54, 1.807) is 17.7 Å². The minimum atomic E-state index is -0.302. The van der Waals surface area contributed by atoms with Crippen molar-refractivity contribution in [3.05, 3.63) is 24.0 Å². The second kappa shape index (κ2) is 3.27. The Morgan fingerprint density at radius 1 is 1.35 bits per heavy atom. The third kappa shape index (κ3) is 1.43. The SMILES string of the molecule is Cn1c(-c2nc(N)n[nH]2)nc2ccc(F)cc21. The molecule has 7 heteroatoms. The number of nitrogens with one attached hydrogen (secondary N) is 1. The number of fused-ring (bicyclic) bond motifs is 1. The summed E-state index contributed by atoms with van der Waals surface area (Å²) in [6.45, 7) is 0. The zero-order chi connectivity index (χ0) is 12.0. The van der Waals surface area contributed by atoms with Crippen LogP contribution < -0.4 is 5.73 Å². The average molecular weight is 232 g/mol. The Kier molecular flexibility index (Phi) is 1.88. The first-order valence-electron chi connectivity index (χ1n) is 4.95. The van der Waals surface area contributed by atoms with Gasteiger partial charge in [-0.25, -0.2) is 9.37 Å². The molecule has 2 aromatic heterocycles. The van der Waals surface area contributed by atoms with Gasteiger partial charge < -0.3 is 10.3 Å². The quantitative estimate of drug-likeness (QED) is 0.657. The number of anilines is 1. The zero-order valence-corrected chi connectivity index (χ0v) is 8.98. The highest BCUT2D eigenvalue weighted by atomic mass is 19.1. The summed E-state index contributed by atoms with van der Waals surface area (Å²) in [7, 11) is 1.78. The molecule has 3 aromatic rings. The lowest BCUT2D eigenvalue weighted by Gasteiger charge is -1.97. The van der Waals surface area contributed by atoms with Gasteiger partial charge in [0.25, 0.3) is 0 Å². The number of hydrogen-bond acceptors (Lipinski definition) is 4. The molecule has 17 heavy (non-hydrogen) atoms. The second-order valence-electron chi connectivity index (χ2n) is 3.67. The van der Waals surface area contributed by atoms with Crippen LogP contribution in [0.3, 0.4) is 0 Å². The van der Waals surface area contributed by atoms with E-state index in [0.29, 0.717) is 22.7 Å². The Bertz CT molecular complexity index is 698. The molecule has 6 nitrogen and oxygen atoms in total. The van der Waals surface area contributed by atoms with Crippen LogP contribution in [0.25, 0.3) is 22.7 Å². The first kappa shape index (κ1) is 9.76. The van der Waals surface area contributed by atoms with Crippen LogP contribution in [0, 0.1) is 5.82 Å². The molecule has 2 heterocycles. The second-order valence-corrected chi connectivity index (χ2v) is 3.67. The van der Waals surface area contributed by atoms with E-state index in [-0.39, 0.29) is 11.8 Å². The van der Waals surface area contributed by atoms with Crippen molar-refractivity contribution in [3.8, 4) is 11.6 Å². The van der Waals surface area contributed by atoms with Gasteiger partial charge in [-0.15, -0.1) is 5.10 Å². The summed E-state index contributed by atoms with van der Waals surface area (Å²) in [6.07, 6.45) is 0. The normalized spacial score (nSPS) is 11.2. The molecule has 0 unspecified atom stereocenters. The van der Waals surface area contributed by atoms with Crippen molar-refractivity contribution in [1.82, 2.24) is 24.7 Å². The summed E-state index contributed by atoms with van der Waals surface area (Å²) in [5, 5.41) is 6.41. The molecule has 0 bridgehead atoms. The molecule has 0 aliphatic rings. The maximum atomic E-state index is 13.1. The standard InChI is InChI=1S/C10H9FN6/c1-17-7-4-5(11)2-3-6(7)13-9(17)8-14-10(12)16-15-8/h2-4H,1H3,(H3,12,14,15,16). The Hall–Kier alpha value is -2.44. The highest BCUT2D eigenvalue weighted by molar-refractivity contribution is 5.79. The van der Waals surface area contributed by atoms with E-state index in [4.69, 9.17) is 5.73 Å². The van der Waals surface area contributed by atoms with Crippen molar-refractivity contribution >= 4 is 17.0 Å². The van der Waals surface area contributed by atoms with E-state index < -0.39 is 0 Å². The van der Waals surface area contributed by atoms with Crippen LogP contribution in [0.15, 0.2) is 18.2 Å². The summed E-state index contributed by atoms with van der Waals surface area (Å²) in [4.78, 5) is 8.34. The van der Waals surface area contributed by atoms with Crippen molar-refractivity contribution in [3.63, 3.8) is 0 Å². The number of aryl methyl sites for hydroxylation is 1. The van der Waals surface area contributed by atoms with Gasteiger partial charge >= 0.3 is 0 Å². The fourth-order valence-electron chi connectivity index (χ4n) is 1.75. The lowest BCUT2D eigenvalue weighted by atomic mass is 10.3. The predicted molar refractivity (Wildman–Crippen MR) is 60.5 cm³/mol. The number of aromatic nitrogens is 5. The predicted octanol–water partition coefficient (Wildman–Crippen LogP) is 1.08. The van der Waals surface area contributed by atoms with E-state index in [0.717, 1.165) is 0 Å². The summed E-state index contributed by atoms with van der Waals surface area (Å²) in [5.41, 5.74) is 6.82. The molecule has 0 aliphatic heterocycles. The monoisotopic (exact) mass is 232 g/mol. The van der Waals surface area contributed by atoms with E-state index in [9.17, 15) is 4.39 Å². The Morgan fingerprint density at radius 2 is 2.18 bits per heavy atom. The number of H-pyrrole nitrogens is 1. The van der Waals surface area contributed by atoms with Gasteiger partial charge in [0.1, 0.15) is 5.82 Å². The van der Waals surface area contributed by atoms with Crippen molar-refractivity contribution in [2.24, 2.45) is 7.05 Å². The molecule has 0 saturated carbocycles. The van der Waals surface area contributed by atoms with E-state index >= 15 is 0 Å². The molecular formula is C10H9FN6. The van der Waals surface area contributed by atoms with Gasteiger partial charge in [-0.3, -0.25) is 5.10 Å². The van der Waals surface area contributed by atoms with Gasteiger partial charge in [0, 0.05) is 7.05 Å². The first-order valence-corrected chi connectivity index (χ1v) is 4.95. The molecule has 3 N–H and O–H groups in total. The smallest absolute Gasteiger partial charge is 0.239 e. The highest BCUT2D eigenvalue weighted by Gasteiger charge is 2.13. The number of benzene rings is 1. The number of nitrogens with two attached hydrogens (primary N) is 1. The number of aromatic amines is 1. The molecule has 86 valence electrons. The van der Waals surface area contributed by atoms with Crippen molar-refractivity contribution < 1.29 is 4.39 Å². The van der Waals surface area contributed by atoms with Crippen molar-refractivity contribution in [2.75, 3.05) is 5.73 Å². The van der Waals surface area contributed by atoms with Gasteiger partial charge in [-0.1, -0.05) is 0 Å². The number of imidazole rings is 1. The van der Waals surface area contributed by atoms with Crippen LogP contribution >= 0.6 is 0 Å². The fraction of sp³-hybridized carbons (Fsp3) is 0.100. The lowest BCUT2D eigenvalue weighted by Crippen LogP contribution is -1.94. The van der Waals surface area contributed by atoms with Gasteiger partial charge in [-0.2, -0.15) is 4.98 Å². The summed E-state index contributed by atoms with van der Waals surface area (Å²) in [6, 6.07) is 4.41. The van der Waals surface area contributed by atoms with Gasteiger partial charge in [0.2, 0.25) is 5.95 Å². The molecule has 0 radical (unpaired) electrons. The highest BCUT2D eigenvalue weighted by Crippen LogP contribution is 2.21. The first-order chi connectivity index (χ1) is 8.15. The van der Waals surface area contributed by atoms with Gasteiger partial charge in [-0.05, 0) is 18.2 Å².